The molecule has 19 heavy (non-hydrogen) atoms. The minimum atomic E-state index is 0.176. The number of nitrogens with zero attached hydrogens (tertiary/aromatic N) is 1. The van der Waals surface area contributed by atoms with E-state index in [9.17, 15) is 0 Å². The van der Waals surface area contributed by atoms with E-state index in [1.807, 2.05) is 6.92 Å². The van der Waals surface area contributed by atoms with Crippen molar-refractivity contribution in [3.63, 3.8) is 0 Å². The molecule has 1 aromatic rings. The first-order valence-corrected chi connectivity index (χ1v) is 7.27. The second-order valence-corrected chi connectivity index (χ2v) is 5.99. The van der Waals surface area contributed by atoms with E-state index in [4.69, 9.17) is 10.5 Å². The molecule has 0 radical (unpaired) electrons. The van der Waals surface area contributed by atoms with Crippen molar-refractivity contribution >= 4 is 5.69 Å². The molecule has 1 heterocycles. The zero-order valence-corrected chi connectivity index (χ0v) is 12.4. The van der Waals surface area contributed by atoms with Crippen LogP contribution in [0.4, 0.5) is 5.69 Å². The molecule has 0 spiro atoms. The number of ether oxygens (including phenoxy) is 1. The highest BCUT2D eigenvalue weighted by Gasteiger charge is 2.34. The molecule has 106 valence electrons. The number of nitrogens with two attached hydrogens (primary N) is 1. The van der Waals surface area contributed by atoms with E-state index in [2.05, 4.69) is 43.0 Å². The van der Waals surface area contributed by atoms with Crippen LogP contribution >= 0.6 is 0 Å². The molecule has 1 fully saturated rings. The lowest BCUT2D eigenvalue weighted by Gasteiger charge is -2.47. The highest BCUT2D eigenvalue weighted by Crippen LogP contribution is 2.35. The standard InChI is InChI=1S/C16H26N2O/c1-4-19-15-7-5-14(6-8-15)18-10-9-13(12-17)11-16(18,2)3/h5-8,13H,4,9-12,17H2,1-3H3. The first-order chi connectivity index (χ1) is 9.06. The molecular weight excluding hydrogens is 236 g/mol. The predicted molar refractivity (Wildman–Crippen MR) is 80.8 cm³/mol. The molecule has 1 atom stereocenters. The third-order valence-corrected chi connectivity index (χ3v) is 4.07. The SMILES string of the molecule is CCOc1ccc(N2CCC(CN)CC2(C)C)cc1. The second kappa shape index (κ2) is 5.83. The average Bonchev–Trinajstić information content (AvgIpc) is 2.39. The summed E-state index contributed by atoms with van der Waals surface area (Å²) in [4.78, 5) is 2.49. The zero-order valence-electron chi connectivity index (χ0n) is 12.4. The van der Waals surface area contributed by atoms with Gasteiger partial charge >= 0.3 is 0 Å². The minimum Gasteiger partial charge on any atom is -0.494 e. The summed E-state index contributed by atoms with van der Waals surface area (Å²) in [5.74, 6) is 1.61. The monoisotopic (exact) mass is 262 g/mol. The third-order valence-electron chi connectivity index (χ3n) is 4.07. The Hall–Kier alpha value is -1.22. The maximum atomic E-state index is 5.83. The molecule has 1 aromatic carbocycles. The number of hydrogen-bond acceptors (Lipinski definition) is 3. The summed E-state index contributed by atoms with van der Waals surface area (Å²) in [6, 6.07) is 8.44. The summed E-state index contributed by atoms with van der Waals surface area (Å²) in [7, 11) is 0. The Morgan fingerprint density at radius 3 is 2.53 bits per heavy atom. The van der Waals surface area contributed by atoms with E-state index < -0.39 is 0 Å². The first kappa shape index (κ1) is 14.2. The highest BCUT2D eigenvalue weighted by molar-refractivity contribution is 5.51. The van der Waals surface area contributed by atoms with Gasteiger partial charge in [-0.15, -0.1) is 0 Å². The smallest absolute Gasteiger partial charge is 0.119 e. The van der Waals surface area contributed by atoms with Crippen molar-refractivity contribution in [1.82, 2.24) is 0 Å². The zero-order chi connectivity index (χ0) is 13.9. The molecular formula is C16H26N2O. The van der Waals surface area contributed by atoms with Gasteiger partial charge in [0.1, 0.15) is 5.75 Å². The lowest BCUT2D eigenvalue weighted by Crippen LogP contribution is -2.51. The molecule has 0 amide bonds. The molecule has 3 nitrogen and oxygen atoms in total. The third kappa shape index (κ3) is 3.21. The van der Waals surface area contributed by atoms with Gasteiger partial charge in [0.15, 0.2) is 0 Å². The summed E-state index contributed by atoms with van der Waals surface area (Å²) >= 11 is 0. The maximum absolute atomic E-state index is 5.83. The van der Waals surface area contributed by atoms with Crippen molar-refractivity contribution < 1.29 is 4.74 Å². The van der Waals surface area contributed by atoms with E-state index in [0.717, 1.165) is 25.3 Å². The van der Waals surface area contributed by atoms with Gasteiger partial charge in [-0.2, -0.15) is 0 Å². The van der Waals surface area contributed by atoms with Gasteiger partial charge in [-0.3, -0.25) is 0 Å². The van der Waals surface area contributed by atoms with E-state index in [0.29, 0.717) is 12.5 Å². The number of benzene rings is 1. The summed E-state index contributed by atoms with van der Waals surface area (Å²) < 4.78 is 5.50. The molecule has 0 aliphatic carbocycles. The summed E-state index contributed by atoms with van der Waals surface area (Å²) in [6.07, 6.45) is 2.35. The Labute approximate surface area is 116 Å². The van der Waals surface area contributed by atoms with Crippen LogP contribution < -0.4 is 15.4 Å². The highest BCUT2D eigenvalue weighted by atomic mass is 16.5. The van der Waals surface area contributed by atoms with Crippen LogP contribution in [0.5, 0.6) is 5.75 Å². The fourth-order valence-electron chi connectivity index (χ4n) is 3.10. The number of piperidine rings is 1. The Morgan fingerprint density at radius 1 is 1.32 bits per heavy atom. The van der Waals surface area contributed by atoms with Crippen LogP contribution in [0.3, 0.4) is 0 Å². The van der Waals surface area contributed by atoms with E-state index >= 15 is 0 Å². The molecule has 0 bridgehead atoms. The molecule has 2 N–H and O–H groups in total. The lowest BCUT2D eigenvalue weighted by molar-refractivity contribution is 0.279. The van der Waals surface area contributed by atoms with Crippen LogP contribution in [0, 0.1) is 5.92 Å². The Balaban J connectivity index is 2.12. The van der Waals surface area contributed by atoms with Gasteiger partial charge in [0.05, 0.1) is 6.61 Å². The van der Waals surface area contributed by atoms with Crippen LogP contribution in [0.1, 0.15) is 33.6 Å². The van der Waals surface area contributed by atoms with Gasteiger partial charge in [0.2, 0.25) is 0 Å². The van der Waals surface area contributed by atoms with E-state index in [1.54, 1.807) is 0 Å². The Bertz CT molecular complexity index is 400. The van der Waals surface area contributed by atoms with Crippen LogP contribution in [-0.4, -0.2) is 25.2 Å². The Kier molecular flexibility index (Phi) is 4.35. The van der Waals surface area contributed by atoms with Crippen molar-refractivity contribution in [3.05, 3.63) is 24.3 Å². The average molecular weight is 262 g/mol. The van der Waals surface area contributed by atoms with E-state index in [-0.39, 0.29) is 5.54 Å². The number of anilines is 1. The molecule has 0 saturated carbocycles. The largest absolute Gasteiger partial charge is 0.494 e. The fourth-order valence-corrected chi connectivity index (χ4v) is 3.10. The fraction of sp³-hybridized carbons (Fsp3) is 0.625. The van der Waals surface area contributed by atoms with Crippen molar-refractivity contribution in [2.45, 2.75) is 39.2 Å². The van der Waals surface area contributed by atoms with Gasteiger partial charge in [-0.05, 0) is 70.3 Å². The topological polar surface area (TPSA) is 38.5 Å². The van der Waals surface area contributed by atoms with Crippen molar-refractivity contribution in [1.29, 1.82) is 0 Å². The second-order valence-electron chi connectivity index (χ2n) is 5.99. The van der Waals surface area contributed by atoms with Gasteiger partial charge in [-0.25, -0.2) is 0 Å². The van der Waals surface area contributed by atoms with Crippen LogP contribution in [0.2, 0.25) is 0 Å². The molecule has 1 unspecified atom stereocenters. The number of hydrogen-bond donors (Lipinski definition) is 1. The van der Waals surface area contributed by atoms with Gasteiger partial charge in [0, 0.05) is 17.8 Å². The lowest BCUT2D eigenvalue weighted by atomic mass is 9.82. The van der Waals surface area contributed by atoms with Crippen molar-refractivity contribution in [2.75, 3.05) is 24.6 Å². The molecule has 3 heteroatoms. The van der Waals surface area contributed by atoms with Gasteiger partial charge in [0.25, 0.3) is 0 Å². The van der Waals surface area contributed by atoms with Gasteiger partial charge < -0.3 is 15.4 Å². The van der Waals surface area contributed by atoms with Crippen LogP contribution in [0.15, 0.2) is 24.3 Å². The predicted octanol–water partition coefficient (Wildman–Crippen LogP) is 3.04. The molecule has 1 saturated heterocycles. The van der Waals surface area contributed by atoms with Crippen LogP contribution in [-0.2, 0) is 0 Å². The first-order valence-electron chi connectivity index (χ1n) is 7.27. The maximum Gasteiger partial charge on any atom is 0.119 e. The Morgan fingerprint density at radius 2 is 2.00 bits per heavy atom. The minimum absolute atomic E-state index is 0.176. The molecule has 1 aliphatic rings. The van der Waals surface area contributed by atoms with Gasteiger partial charge in [-0.1, -0.05) is 0 Å². The van der Waals surface area contributed by atoms with Crippen molar-refractivity contribution in [2.24, 2.45) is 11.7 Å². The summed E-state index contributed by atoms with van der Waals surface area (Å²) in [5.41, 5.74) is 7.28. The molecule has 1 aliphatic heterocycles. The van der Waals surface area contributed by atoms with Crippen molar-refractivity contribution in [3.8, 4) is 5.75 Å². The normalized spacial score (nSPS) is 22.3. The molecule has 2 rings (SSSR count). The number of rotatable bonds is 4. The summed E-state index contributed by atoms with van der Waals surface area (Å²) in [5, 5.41) is 0. The molecule has 0 aromatic heterocycles. The van der Waals surface area contributed by atoms with E-state index in [1.165, 1.54) is 12.1 Å². The quantitative estimate of drug-likeness (QED) is 0.906. The summed E-state index contributed by atoms with van der Waals surface area (Å²) in [6.45, 7) is 9.24. The van der Waals surface area contributed by atoms with Crippen LogP contribution in [0.25, 0.3) is 0 Å².